The Balaban J connectivity index is 1.29. The predicted molar refractivity (Wildman–Crippen MR) is 423 cm³/mol. The molecule has 0 bridgehead atoms. The molecule has 0 aromatic heterocycles. The van der Waals surface area contributed by atoms with Crippen LogP contribution in [0, 0.1) is 11.8 Å². The standard InChI is InChI=1S/C88H127F6N9/c1-5-6-7-8-9-10-11-12-13-38-61-95-79-76-74(80(97-65-42-20-14-21-43-65)85(81(79)98-66-46-32-33-47-66)102(72-56-34-35-57-72)73-58-36-37-59-73)75-77(78(76)96-62-60-64(4)41-39-40-63(2)3)83(100(68-48-24-16-25-49-68)69-50-26-17-27-51-69)82(99-67-44-22-15-23-45-67)86(103(87(89,90)91)88(92,93)94)84(75)101(70-52-28-18-29-53-70)71-54-30-19-31-55-71/h15-17,22-27,44-45,48-51,63-66,70-73,78,95-99H,5-14,18-21,28-43,46-47,52-62H2,1-4H3. The van der Waals surface area contributed by atoms with E-state index >= 15 is 26.3 Å². The SMILES string of the molecule is CCCCCCCCCCCCNc1c(NC2CCCC2)c(N(C2CCCC2)C2CCCC2)c(NC2CCCCC2)c2c1C(NCCC(C)CCCC(C)C)c1c-2c(N(C2CCCCC2)C2CCCCC2)c(N(C(F)(F)F)C(F)(F)F)c(Nc2ccccc2)c1N(c1ccccc1)c1ccccc1. The largest absolute Gasteiger partial charge is 0.491 e. The van der Waals surface area contributed by atoms with Crippen molar-refractivity contribution in [3.8, 4) is 11.1 Å². The highest BCUT2D eigenvalue weighted by Crippen LogP contribution is 2.69. The van der Waals surface area contributed by atoms with Crippen LogP contribution in [-0.4, -0.2) is 61.9 Å². The molecule has 0 radical (unpaired) electrons. The normalized spacial score (nSPS) is 19.3. The number of unbranched alkanes of at least 4 members (excludes halogenated alkanes) is 9. The average Bonchev–Trinajstić information content (AvgIpc) is 1.56. The highest BCUT2D eigenvalue weighted by molar-refractivity contribution is 6.16. The van der Waals surface area contributed by atoms with Crippen molar-refractivity contribution in [2.45, 2.75) is 346 Å². The average molecular weight is 1430 g/mol. The van der Waals surface area contributed by atoms with Crippen molar-refractivity contribution in [2.75, 3.05) is 54.0 Å². The van der Waals surface area contributed by atoms with Crippen LogP contribution in [0.5, 0.6) is 0 Å². The first-order valence-corrected chi connectivity index (χ1v) is 41.9. The third kappa shape index (κ3) is 18.9. The van der Waals surface area contributed by atoms with Gasteiger partial charge in [-0.3, -0.25) is 0 Å². The van der Waals surface area contributed by atoms with Gasteiger partial charge in [-0.05, 0) is 145 Å². The molecule has 2 unspecified atom stereocenters. The highest BCUT2D eigenvalue weighted by atomic mass is 19.4. The minimum absolute atomic E-state index is 0.0127. The van der Waals surface area contributed by atoms with Gasteiger partial charge < -0.3 is 41.3 Å². The number of hydrogen-bond acceptors (Lipinski definition) is 9. The van der Waals surface area contributed by atoms with Crippen molar-refractivity contribution in [2.24, 2.45) is 11.8 Å². The Morgan fingerprint density at radius 3 is 1.32 bits per heavy atom. The zero-order chi connectivity index (χ0) is 71.7. The molecule has 0 heterocycles. The topological polar surface area (TPSA) is 73.1 Å². The maximum absolute atomic E-state index is 17.7. The first-order valence-electron chi connectivity index (χ1n) is 41.9. The molecule has 0 saturated heterocycles. The number of alkyl halides is 6. The van der Waals surface area contributed by atoms with E-state index in [-0.39, 0.29) is 53.3 Å². The third-order valence-corrected chi connectivity index (χ3v) is 24.7. The zero-order valence-electron chi connectivity index (χ0n) is 63.3. The Labute approximate surface area is 616 Å². The van der Waals surface area contributed by atoms with E-state index in [1.165, 1.54) is 44.9 Å². The van der Waals surface area contributed by atoms with Crippen molar-refractivity contribution in [3.05, 3.63) is 102 Å². The molecule has 0 spiro atoms. The number of nitrogens with zero attached hydrogens (tertiary/aromatic N) is 4. The Morgan fingerprint density at radius 2 is 0.835 bits per heavy atom. The molecule has 103 heavy (non-hydrogen) atoms. The minimum atomic E-state index is -5.95. The maximum Gasteiger partial charge on any atom is 0.491 e. The molecule has 0 amide bonds. The van der Waals surface area contributed by atoms with E-state index in [1.807, 2.05) is 83.8 Å². The van der Waals surface area contributed by atoms with Crippen molar-refractivity contribution < 1.29 is 26.3 Å². The zero-order valence-corrected chi connectivity index (χ0v) is 63.3. The lowest BCUT2D eigenvalue weighted by Gasteiger charge is -2.47. The van der Waals surface area contributed by atoms with Crippen molar-refractivity contribution in [1.29, 1.82) is 0 Å². The number of fused-ring (bicyclic) bond motifs is 3. The molecule has 12 rings (SSSR count). The molecule has 0 aliphatic heterocycles. The molecule has 5 aromatic rings. The molecule has 5 N–H and O–H groups in total. The fourth-order valence-electron chi connectivity index (χ4n) is 19.5. The maximum atomic E-state index is 17.7. The summed E-state index contributed by atoms with van der Waals surface area (Å²) in [6, 6.07) is 27.8. The van der Waals surface area contributed by atoms with Gasteiger partial charge in [0, 0.05) is 82.1 Å². The van der Waals surface area contributed by atoms with Gasteiger partial charge in [-0.1, -0.05) is 256 Å². The summed E-state index contributed by atoms with van der Waals surface area (Å²) in [6.07, 6.45) is 29.9. The van der Waals surface area contributed by atoms with Gasteiger partial charge in [0.25, 0.3) is 0 Å². The number of hydrogen-bond donors (Lipinski definition) is 5. The fourth-order valence-corrected chi connectivity index (χ4v) is 19.5. The lowest BCUT2D eigenvalue weighted by molar-refractivity contribution is -0.226. The molecule has 5 aromatic carbocycles. The van der Waals surface area contributed by atoms with Gasteiger partial charge in [0.2, 0.25) is 0 Å². The van der Waals surface area contributed by atoms with E-state index in [0.29, 0.717) is 73.2 Å². The summed E-state index contributed by atoms with van der Waals surface area (Å²) in [5.74, 6) is 0.922. The Bertz CT molecular complexity index is 3270. The van der Waals surface area contributed by atoms with Crippen LogP contribution in [0.1, 0.15) is 308 Å². The third-order valence-electron chi connectivity index (χ3n) is 24.7. The minimum Gasteiger partial charge on any atom is -0.383 e. The van der Waals surface area contributed by atoms with Gasteiger partial charge in [0.1, 0.15) is 5.69 Å². The van der Waals surface area contributed by atoms with Gasteiger partial charge in [-0.15, -0.1) is 26.3 Å². The number of nitrogens with one attached hydrogen (secondary N) is 5. The van der Waals surface area contributed by atoms with E-state index in [9.17, 15) is 0 Å². The first-order chi connectivity index (χ1) is 50.2. The second-order valence-corrected chi connectivity index (χ2v) is 32.8. The van der Waals surface area contributed by atoms with Gasteiger partial charge in [0.05, 0.1) is 45.9 Å². The van der Waals surface area contributed by atoms with Crippen LogP contribution >= 0.6 is 0 Å². The van der Waals surface area contributed by atoms with Crippen LogP contribution in [-0.2, 0) is 0 Å². The Kier molecular flexibility index (Phi) is 27.6. The molecule has 2 atom stereocenters. The smallest absolute Gasteiger partial charge is 0.383 e. The van der Waals surface area contributed by atoms with E-state index < -0.39 is 29.2 Å². The highest BCUT2D eigenvalue weighted by Gasteiger charge is 2.59. The molecular formula is C88H127F6N9. The number of rotatable bonds is 36. The van der Waals surface area contributed by atoms with Gasteiger partial charge in [0.15, 0.2) is 0 Å². The first kappa shape index (κ1) is 76.7. The van der Waals surface area contributed by atoms with Crippen LogP contribution in [0.3, 0.4) is 0 Å². The van der Waals surface area contributed by atoms with Crippen LogP contribution < -0.4 is 46.2 Å². The monoisotopic (exact) mass is 1420 g/mol. The summed E-state index contributed by atoms with van der Waals surface area (Å²) < 4.78 is 106. The number of anilines is 11. The molecular weight excluding hydrogens is 1300 g/mol. The molecule has 6 saturated carbocycles. The summed E-state index contributed by atoms with van der Waals surface area (Å²) in [7, 11) is 0. The van der Waals surface area contributed by atoms with Crippen molar-refractivity contribution >= 4 is 62.6 Å². The van der Waals surface area contributed by atoms with E-state index in [4.69, 9.17) is 0 Å². The summed E-state index contributed by atoms with van der Waals surface area (Å²) in [4.78, 5) is 6.12. The van der Waals surface area contributed by atoms with Gasteiger partial charge in [-0.2, -0.15) is 4.90 Å². The number of benzene rings is 5. The van der Waals surface area contributed by atoms with Crippen LogP contribution in [0.25, 0.3) is 11.1 Å². The van der Waals surface area contributed by atoms with E-state index in [2.05, 4.69) is 64.1 Å². The number of halogens is 6. The van der Waals surface area contributed by atoms with Crippen molar-refractivity contribution in [1.82, 2.24) is 5.32 Å². The summed E-state index contributed by atoms with van der Waals surface area (Å²) in [6.45, 7) is 10.5. The Morgan fingerprint density at radius 1 is 0.398 bits per heavy atom. The summed E-state index contributed by atoms with van der Waals surface area (Å²) >= 11 is 0. The molecule has 7 aliphatic carbocycles. The van der Waals surface area contributed by atoms with Crippen LogP contribution in [0.15, 0.2) is 91.0 Å². The van der Waals surface area contributed by atoms with Gasteiger partial charge in [-0.25, -0.2) is 0 Å². The lowest BCUT2D eigenvalue weighted by Crippen LogP contribution is -2.51. The van der Waals surface area contributed by atoms with Crippen LogP contribution in [0.2, 0.25) is 0 Å². The summed E-state index contributed by atoms with van der Waals surface area (Å²) in [5, 5.41) is 21.4. The molecule has 7 aliphatic rings. The van der Waals surface area contributed by atoms with Crippen molar-refractivity contribution in [3.63, 3.8) is 0 Å². The van der Waals surface area contributed by atoms with Crippen LogP contribution in [0.4, 0.5) is 88.9 Å². The Hall–Kier alpha value is -5.96. The predicted octanol–water partition coefficient (Wildman–Crippen LogP) is 26.9. The van der Waals surface area contributed by atoms with E-state index in [0.717, 1.165) is 232 Å². The van der Waals surface area contributed by atoms with E-state index in [1.54, 1.807) is 12.1 Å². The molecule has 9 nitrogen and oxygen atoms in total. The molecule has 15 heteroatoms. The second kappa shape index (κ2) is 37.0. The summed E-state index contributed by atoms with van der Waals surface area (Å²) in [5.41, 5.74) is 7.91. The lowest BCUT2D eigenvalue weighted by atomic mass is 9.85. The molecule has 566 valence electrons. The second-order valence-electron chi connectivity index (χ2n) is 32.8. The number of para-hydroxylation sites is 3. The quantitative estimate of drug-likeness (QED) is 0.0153. The molecule has 6 fully saturated rings. The fraction of sp³-hybridized carbons (Fsp3) is 0.659. The van der Waals surface area contributed by atoms with Gasteiger partial charge >= 0.3 is 12.6 Å².